The first kappa shape index (κ1) is 12.6. The minimum Gasteiger partial charge on any atom is -0.411 e. The highest BCUT2D eigenvalue weighted by Crippen LogP contribution is 2.26. The molecular formula is C14H15N2OS+. The molecule has 0 aliphatic heterocycles. The van der Waals surface area contributed by atoms with Gasteiger partial charge in [-0.2, -0.15) is 4.57 Å². The van der Waals surface area contributed by atoms with Gasteiger partial charge in [0.05, 0.1) is 0 Å². The molecule has 4 heteroatoms. The predicted octanol–water partition coefficient (Wildman–Crippen LogP) is 2.89. The first-order chi connectivity index (χ1) is 8.81. The van der Waals surface area contributed by atoms with Crippen molar-refractivity contribution in [3.8, 4) is 0 Å². The third-order valence-corrected chi connectivity index (χ3v) is 3.79. The van der Waals surface area contributed by atoms with Crippen LogP contribution in [0.1, 0.15) is 5.56 Å². The van der Waals surface area contributed by atoms with Gasteiger partial charge >= 0.3 is 0 Å². The summed E-state index contributed by atoms with van der Waals surface area (Å²) < 4.78 is 2.06. The quantitative estimate of drug-likeness (QED) is 0.397. The maximum absolute atomic E-state index is 8.53. The van der Waals surface area contributed by atoms with Gasteiger partial charge in [-0.25, -0.2) is 0 Å². The van der Waals surface area contributed by atoms with Crippen molar-refractivity contribution >= 4 is 18.0 Å². The summed E-state index contributed by atoms with van der Waals surface area (Å²) in [5.74, 6) is 0. The average Bonchev–Trinajstić information content (AvgIpc) is 2.41. The van der Waals surface area contributed by atoms with Crippen molar-refractivity contribution in [2.75, 3.05) is 0 Å². The predicted molar refractivity (Wildman–Crippen MR) is 72.2 cm³/mol. The largest absolute Gasteiger partial charge is 0.411 e. The van der Waals surface area contributed by atoms with E-state index in [1.165, 1.54) is 16.7 Å². The molecule has 0 aliphatic carbocycles. The van der Waals surface area contributed by atoms with Gasteiger partial charge in [0.25, 0.3) is 0 Å². The molecule has 92 valence electrons. The van der Waals surface area contributed by atoms with Crippen LogP contribution in [0.25, 0.3) is 0 Å². The summed E-state index contributed by atoms with van der Waals surface area (Å²) in [7, 11) is 0. The van der Waals surface area contributed by atoms with Crippen molar-refractivity contribution in [3.63, 3.8) is 0 Å². The summed E-state index contributed by atoms with van der Waals surface area (Å²) in [6.07, 6.45) is 3.47. The van der Waals surface area contributed by atoms with E-state index in [0.29, 0.717) is 6.54 Å². The average molecular weight is 259 g/mol. The van der Waals surface area contributed by atoms with E-state index in [9.17, 15) is 0 Å². The number of aromatic nitrogens is 1. The Labute approximate surface area is 111 Å². The molecule has 1 N–H and O–H groups in total. The fourth-order valence-corrected chi connectivity index (χ4v) is 2.66. The van der Waals surface area contributed by atoms with Crippen LogP contribution in [0.4, 0.5) is 0 Å². The monoisotopic (exact) mass is 259 g/mol. The molecule has 0 aliphatic rings. The molecule has 0 amide bonds. The van der Waals surface area contributed by atoms with E-state index < -0.39 is 0 Å². The number of oxime groups is 1. The van der Waals surface area contributed by atoms with Gasteiger partial charge in [0.1, 0.15) is 6.21 Å². The first-order valence-electron chi connectivity index (χ1n) is 5.69. The van der Waals surface area contributed by atoms with Crippen LogP contribution in [0, 0.1) is 6.92 Å². The molecule has 0 spiro atoms. The second-order valence-electron chi connectivity index (χ2n) is 3.86. The van der Waals surface area contributed by atoms with Gasteiger partial charge in [-0.3, -0.25) is 0 Å². The third kappa shape index (κ3) is 3.11. The summed E-state index contributed by atoms with van der Waals surface area (Å²) in [5.41, 5.74) is 1.21. The number of nitrogens with zero attached hydrogens (tertiary/aromatic N) is 2. The van der Waals surface area contributed by atoms with E-state index in [4.69, 9.17) is 5.21 Å². The Kier molecular flexibility index (Phi) is 4.36. The van der Waals surface area contributed by atoms with Crippen LogP contribution in [0.2, 0.25) is 0 Å². The van der Waals surface area contributed by atoms with Gasteiger partial charge < -0.3 is 5.21 Å². The highest BCUT2D eigenvalue weighted by Gasteiger charge is 2.14. The Balaban J connectivity index is 2.31. The lowest BCUT2D eigenvalue weighted by molar-refractivity contribution is -0.718. The maximum Gasteiger partial charge on any atom is 0.248 e. The number of aryl methyl sites for hydroxylation is 1. The Morgan fingerprint density at radius 3 is 2.72 bits per heavy atom. The molecule has 0 bridgehead atoms. The number of pyridine rings is 1. The molecule has 1 heterocycles. The molecule has 0 atom stereocenters. The minimum atomic E-state index is 0.563. The van der Waals surface area contributed by atoms with Crippen molar-refractivity contribution in [2.24, 2.45) is 5.16 Å². The van der Waals surface area contributed by atoms with Crippen LogP contribution in [-0.4, -0.2) is 11.4 Å². The number of rotatable bonds is 4. The molecule has 0 unspecified atom stereocenters. The second kappa shape index (κ2) is 6.21. The summed E-state index contributed by atoms with van der Waals surface area (Å²) >= 11 is 1.71. The highest BCUT2D eigenvalue weighted by molar-refractivity contribution is 7.99. The molecule has 0 saturated heterocycles. The Morgan fingerprint density at radius 1 is 1.22 bits per heavy atom. The van der Waals surface area contributed by atoms with Gasteiger partial charge in [-0.15, -0.1) is 0 Å². The lowest BCUT2D eigenvalue weighted by Crippen LogP contribution is -2.37. The van der Waals surface area contributed by atoms with E-state index in [-0.39, 0.29) is 0 Å². The van der Waals surface area contributed by atoms with E-state index >= 15 is 0 Å². The Bertz CT molecular complexity index is 541. The number of benzene rings is 1. The lowest BCUT2D eigenvalue weighted by Gasteiger charge is -2.04. The molecule has 3 nitrogen and oxygen atoms in total. The normalized spacial score (nSPS) is 10.9. The Morgan fingerprint density at radius 2 is 2.00 bits per heavy atom. The Hall–Kier alpha value is -1.81. The van der Waals surface area contributed by atoms with E-state index in [2.05, 4.69) is 34.8 Å². The van der Waals surface area contributed by atoms with Crippen LogP contribution in [0.3, 0.4) is 0 Å². The molecule has 2 rings (SSSR count). The number of hydrogen-bond donors (Lipinski definition) is 1. The van der Waals surface area contributed by atoms with Crippen molar-refractivity contribution in [2.45, 2.75) is 23.4 Å². The van der Waals surface area contributed by atoms with Crippen LogP contribution in [-0.2, 0) is 6.54 Å². The van der Waals surface area contributed by atoms with E-state index in [1.807, 2.05) is 30.5 Å². The molecule has 0 saturated carbocycles. The van der Waals surface area contributed by atoms with Crippen molar-refractivity contribution in [1.29, 1.82) is 0 Å². The van der Waals surface area contributed by atoms with Gasteiger partial charge in [0.2, 0.25) is 5.03 Å². The number of hydrogen-bond acceptors (Lipinski definition) is 3. The molecule has 1 aromatic carbocycles. The summed E-state index contributed by atoms with van der Waals surface area (Å²) in [6, 6.07) is 14.3. The third-order valence-electron chi connectivity index (χ3n) is 2.53. The molecular weight excluding hydrogens is 244 g/mol. The smallest absolute Gasteiger partial charge is 0.248 e. The van der Waals surface area contributed by atoms with Crippen molar-refractivity contribution < 1.29 is 9.77 Å². The van der Waals surface area contributed by atoms with E-state index in [0.717, 1.165) is 5.03 Å². The molecule has 2 aromatic rings. The van der Waals surface area contributed by atoms with Crippen LogP contribution >= 0.6 is 11.8 Å². The van der Waals surface area contributed by atoms with Crippen molar-refractivity contribution in [1.82, 2.24) is 0 Å². The summed E-state index contributed by atoms with van der Waals surface area (Å²) in [5, 5.41) is 12.7. The van der Waals surface area contributed by atoms with Gasteiger partial charge in [-0.05, 0) is 36.9 Å². The zero-order chi connectivity index (χ0) is 12.8. The topological polar surface area (TPSA) is 36.5 Å². The van der Waals surface area contributed by atoms with Crippen LogP contribution in [0.5, 0.6) is 0 Å². The van der Waals surface area contributed by atoms with Crippen LogP contribution < -0.4 is 4.57 Å². The molecule has 0 fully saturated rings. The second-order valence-corrected chi connectivity index (χ2v) is 4.92. The molecule has 18 heavy (non-hydrogen) atoms. The summed E-state index contributed by atoms with van der Waals surface area (Å²) in [4.78, 5) is 1.20. The fourth-order valence-electron chi connectivity index (χ4n) is 1.66. The highest BCUT2D eigenvalue weighted by atomic mass is 32.2. The van der Waals surface area contributed by atoms with Gasteiger partial charge in [0.15, 0.2) is 12.7 Å². The zero-order valence-electron chi connectivity index (χ0n) is 10.2. The molecule has 1 aromatic heterocycles. The standard InChI is InChI=1S/C14H14N2OS/c1-12-6-5-10-16(11-9-15-17)14(12)18-13-7-3-2-4-8-13/h2-10H,11H2,1H3/p+1/b15-9+. The van der Waals surface area contributed by atoms with Gasteiger partial charge in [-0.1, -0.05) is 23.4 Å². The van der Waals surface area contributed by atoms with Crippen molar-refractivity contribution in [3.05, 3.63) is 54.2 Å². The fraction of sp³-hybridized carbons (Fsp3) is 0.143. The minimum absolute atomic E-state index is 0.563. The van der Waals surface area contributed by atoms with E-state index in [1.54, 1.807) is 11.8 Å². The SMILES string of the molecule is Cc1ccc[n+](C/C=N/O)c1Sc1ccccc1. The summed E-state index contributed by atoms with van der Waals surface area (Å²) in [6.45, 7) is 2.64. The first-order valence-corrected chi connectivity index (χ1v) is 6.51. The maximum atomic E-state index is 8.53. The molecule has 0 radical (unpaired) electrons. The van der Waals surface area contributed by atoms with Gasteiger partial charge in [0, 0.05) is 16.5 Å². The lowest BCUT2D eigenvalue weighted by atomic mass is 10.3. The van der Waals surface area contributed by atoms with Crippen LogP contribution in [0.15, 0.2) is 63.7 Å². The zero-order valence-corrected chi connectivity index (χ0v) is 11.0.